The number of rotatable bonds is 2. The fourth-order valence-corrected chi connectivity index (χ4v) is 1.64. The van der Waals surface area contributed by atoms with Crippen LogP contribution >= 0.6 is 11.6 Å². The molecule has 0 unspecified atom stereocenters. The number of aromatic nitrogens is 2. The first kappa shape index (κ1) is 12.9. The third kappa shape index (κ3) is 2.49. The third-order valence-corrected chi connectivity index (χ3v) is 2.61. The van der Waals surface area contributed by atoms with Gasteiger partial charge in [0.25, 0.3) is 0 Å². The van der Waals surface area contributed by atoms with Gasteiger partial charge in [-0.3, -0.25) is 0 Å². The summed E-state index contributed by atoms with van der Waals surface area (Å²) in [4.78, 5) is 0. The van der Waals surface area contributed by atoms with Gasteiger partial charge < -0.3 is 5.73 Å². The van der Waals surface area contributed by atoms with Crippen molar-refractivity contribution < 1.29 is 13.2 Å². The van der Waals surface area contributed by atoms with Crippen LogP contribution in [0.5, 0.6) is 0 Å². The molecule has 0 saturated carbocycles. The molecule has 18 heavy (non-hydrogen) atoms. The van der Waals surface area contributed by atoms with Crippen molar-refractivity contribution in [2.45, 2.75) is 12.7 Å². The van der Waals surface area contributed by atoms with Crippen LogP contribution in [-0.2, 0) is 12.7 Å². The van der Waals surface area contributed by atoms with E-state index in [1.165, 1.54) is 4.68 Å². The number of hydrogen-bond donors (Lipinski definition) is 1. The van der Waals surface area contributed by atoms with E-state index in [-0.39, 0.29) is 12.2 Å². The minimum Gasteiger partial charge on any atom is -0.325 e. The fourth-order valence-electron chi connectivity index (χ4n) is 1.51. The normalized spacial score (nSPS) is 11.8. The van der Waals surface area contributed by atoms with Crippen LogP contribution in [0.15, 0.2) is 30.3 Å². The van der Waals surface area contributed by atoms with Crippen molar-refractivity contribution in [2.24, 2.45) is 5.73 Å². The fraction of sp³-hybridized carbons (Fsp3) is 0.182. The van der Waals surface area contributed by atoms with Crippen LogP contribution in [0.3, 0.4) is 0 Å². The Morgan fingerprint density at radius 3 is 2.33 bits per heavy atom. The van der Waals surface area contributed by atoms with Gasteiger partial charge in [0.05, 0.1) is 11.4 Å². The average Bonchev–Trinajstić information content (AvgIpc) is 2.73. The van der Waals surface area contributed by atoms with Gasteiger partial charge in [-0.15, -0.1) is 0 Å². The molecule has 0 fully saturated rings. The van der Waals surface area contributed by atoms with Gasteiger partial charge in [-0.1, -0.05) is 11.6 Å². The standard InChI is InChI=1S/C11H9ClF3N3/c12-7-1-3-8(4-2-7)18-9(6-16)5-10(17-18)11(13,14)15/h1-5H,6,16H2. The van der Waals surface area contributed by atoms with Crippen LogP contribution in [-0.4, -0.2) is 9.78 Å². The Morgan fingerprint density at radius 1 is 1.22 bits per heavy atom. The molecule has 7 heteroatoms. The lowest BCUT2D eigenvalue weighted by atomic mass is 10.3. The molecule has 3 nitrogen and oxygen atoms in total. The average molecular weight is 276 g/mol. The molecule has 0 aliphatic heterocycles. The van der Waals surface area contributed by atoms with Gasteiger partial charge in [-0.05, 0) is 30.3 Å². The third-order valence-electron chi connectivity index (χ3n) is 2.35. The predicted octanol–water partition coefficient (Wildman–Crippen LogP) is 3.00. The maximum absolute atomic E-state index is 12.6. The first-order valence-electron chi connectivity index (χ1n) is 5.04. The molecular weight excluding hydrogens is 267 g/mol. The highest BCUT2D eigenvalue weighted by Crippen LogP contribution is 2.29. The topological polar surface area (TPSA) is 43.8 Å². The number of alkyl halides is 3. The summed E-state index contributed by atoms with van der Waals surface area (Å²) >= 11 is 5.72. The summed E-state index contributed by atoms with van der Waals surface area (Å²) in [6.45, 7) is -0.0360. The van der Waals surface area contributed by atoms with Gasteiger partial charge in [-0.25, -0.2) is 4.68 Å². The van der Waals surface area contributed by atoms with Crippen molar-refractivity contribution in [1.29, 1.82) is 0 Å². The maximum Gasteiger partial charge on any atom is 0.435 e. The minimum atomic E-state index is -4.48. The summed E-state index contributed by atoms with van der Waals surface area (Å²) in [6, 6.07) is 7.25. The molecule has 0 spiro atoms. The molecule has 0 aliphatic rings. The largest absolute Gasteiger partial charge is 0.435 e. The quantitative estimate of drug-likeness (QED) is 0.916. The first-order valence-corrected chi connectivity index (χ1v) is 5.42. The molecule has 0 aliphatic carbocycles. The Morgan fingerprint density at radius 2 is 1.83 bits per heavy atom. The number of nitrogens with zero attached hydrogens (tertiary/aromatic N) is 2. The molecule has 1 heterocycles. The Kier molecular flexibility index (Phi) is 3.32. The maximum atomic E-state index is 12.6. The summed E-state index contributed by atoms with van der Waals surface area (Å²) in [5.74, 6) is 0. The van der Waals surface area contributed by atoms with Crippen molar-refractivity contribution in [1.82, 2.24) is 9.78 Å². The highest BCUT2D eigenvalue weighted by atomic mass is 35.5. The molecule has 1 aromatic heterocycles. The number of nitrogens with two attached hydrogens (primary N) is 1. The second-order valence-corrected chi connectivity index (χ2v) is 4.05. The van der Waals surface area contributed by atoms with Gasteiger partial charge in [0, 0.05) is 11.6 Å². The molecule has 2 aromatic rings. The second kappa shape index (κ2) is 4.62. The summed E-state index contributed by atoms with van der Waals surface area (Å²) in [7, 11) is 0. The van der Waals surface area contributed by atoms with Crippen molar-refractivity contribution in [2.75, 3.05) is 0 Å². The lowest BCUT2D eigenvalue weighted by Gasteiger charge is -2.05. The summed E-state index contributed by atoms with van der Waals surface area (Å²) < 4.78 is 38.8. The van der Waals surface area contributed by atoms with Crippen molar-refractivity contribution in [3.63, 3.8) is 0 Å². The minimum absolute atomic E-state index is 0.0360. The summed E-state index contributed by atoms with van der Waals surface area (Å²) in [6.07, 6.45) is -4.48. The van der Waals surface area contributed by atoms with Crippen LogP contribution in [0.25, 0.3) is 5.69 Å². The van der Waals surface area contributed by atoms with Crippen LogP contribution in [0.2, 0.25) is 5.02 Å². The zero-order valence-corrected chi connectivity index (χ0v) is 9.83. The predicted molar refractivity (Wildman–Crippen MR) is 61.5 cm³/mol. The second-order valence-electron chi connectivity index (χ2n) is 3.61. The van der Waals surface area contributed by atoms with Gasteiger partial charge in [0.1, 0.15) is 0 Å². The van der Waals surface area contributed by atoms with E-state index >= 15 is 0 Å². The van der Waals surface area contributed by atoms with Gasteiger partial charge >= 0.3 is 6.18 Å². The zero-order valence-electron chi connectivity index (χ0n) is 9.08. The van der Waals surface area contributed by atoms with Gasteiger partial charge in [-0.2, -0.15) is 18.3 Å². The molecule has 0 bridgehead atoms. The monoisotopic (exact) mass is 275 g/mol. The highest BCUT2D eigenvalue weighted by molar-refractivity contribution is 6.30. The van der Waals surface area contributed by atoms with Crippen LogP contribution in [0.1, 0.15) is 11.4 Å². The van der Waals surface area contributed by atoms with Gasteiger partial charge in [0.15, 0.2) is 5.69 Å². The van der Waals surface area contributed by atoms with Gasteiger partial charge in [0.2, 0.25) is 0 Å². The molecule has 0 atom stereocenters. The van der Waals surface area contributed by atoms with Crippen molar-refractivity contribution >= 4 is 11.6 Å². The molecule has 2 N–H and O–H groups in total. The highest BCUT2D eigenvalue weighted by Gasteiger charge is 2.34. The molecule has 96 valence electrons. The van der Waals surface area contributed by atoms with Crippen LogP contribution < -0.4 is 5.73 Å². The van der Waals surface area contributed by atoms with Crippen LogP contribution in [0.4, 0.5) is 13.2 Å². The van der Waals surface area contributed by atoms with E-state index in [9.17, 15) is 13.2 Å². The molecule has 1 aromatic carbocycles. The van der Waals surface area contributed by atoms with E-state index < -0.39 is 11.9 Å². The number of halogens is 4. The molecular formula is C11H9ClF3N3. The van der Waals surface area contributed by atoms with Crippen molar-refractivity contribution in [3.05, 3.63) is 46.7 Å². The Balaban J connectivity index is 2.50. The SMILES string of the molecule is NCc1cc(C(F)(F)F)nn1-c1ccc(Cl)cc1. The molecule has 0 amide bonds. The van der Waals surface area contributed by atoms with E-state index in [4.69, 9.17) is 17.3 Å². The first-order chi connectivity index (χ1) is 8.41. The molecule has 0 radical (unpaired) electrons. The lowest BCUT2D eigenvalue weighted by molar-refractivity contribution is -0.141. The van der Waals surface area contributed by atoms with E-state index in [1.807, 2.05) is 0 Å². The molecule has 0 saturated heterocycles. The van der Waals surface area contributed by atoms with E-state index in [2.05, 4.69) is 5.10 Å². The summed E-state index contributed by atoms with van der Waals surface area (Å²) in [5, 5.41) is 4.02. The van der Waals surface area contributed by atoms with E-state index in [0.29, 0.717) is 10.7 Å². The van der Waals surface area contributed by atoms with Crippen molar-refractivity contribution in [3.8, 4) is 5.69 Å². The smallest absolute Gasteiger partial charge is 0.325 e. The van der Waals surface area contributed by atoms with E-state index in [1.54, 1.807) is 24.3 Å². The zero-order chi connectivity index (χ0) is 13.3. The van der Waals surface area contributed by atoms with Crippen LogP contribution in [0, 0.1) is 0 Å². The Labute approximate surface area is 106 Å². The molecule has 2 rings (SSSR count). The Hall–Kier alpha value is -1.53. The number of hydrogen-bond acceptors (Lipinski definition) is 2. The van der Waals surface area contributed by atoms with E-state index in [0.717, 1.165) is 6.07 Å². The number of benzene rings is 1. The Bertz CT molecular complexity index is 546. The summed E-state index contributed by atoms with van der Waals surface area (Å²) in [5.41, 5.74) is 5.22. The lowest BCUT2D eigenvalue weighted by Crippen LogP contribution is -2.08.